The number of hydrogen-bond donors (Lipinski definition) is 1. The summed E-state index contributed by atoms with van der Waals surface area (Å²) in [4.78, 5) is 21.4. The highest BCUT2D eigenvalue weighted by Crippen LogP contribution is 2.30. The van der Waals surface area contributed by atoms with Crippen molar-refractivity contribution in [2.24, 2.45) is 0 Å². The molecule has 1 rings (SSSR count). The minimum absolute atomic E-state index is 0.134. The SMILES string of the molecule is O=C([O-])C=CC(=O)Nc1ccc(OC(F)(F)F)cc1Br. The number of benzene rings is 1. The van der Waals surface area contributed by atoms with E-state index in [1.54, 1.807) is 0 Å². The van der Waals surface area contributed by atoms with Gasteiger partial charge in [0.25, 0.3) is 0 Å². The zero-order valence-corrected chi connectivity index (χ0v) is 11.1. The van der Waals surface area contributed by atoms with E-state index in [4.69, 9.17) is 0 Å². The summed E-state index contributed by atoms with van der Waals surface area (Å²) in [6, 6.07) is 3.16. The van der Waals surface area contributed by atoms with E-state index in [0.717, 1.165) is 18.2 Å². The summed E-state index contributed by atoms with van der Waals surface area (Å²) in [6.07, 6.45) is -3.59. The van der Waals surface area contributed by atoms with Crippen molar-refractivity contribution in [3.05, 3.63) is 34.8 Å². The van der Waals surface area contributed by atoms with Gasteiger partial charge in [-0.05, 0) is 40.2 Å². The van der Waals surface area contributed by atoms with Gasteiger partial charge in [-0.25, -0.2) is 0 Å². The van der Waals surface area contributed by atoms with Crippen LogP contribution in [0.1, 0.15) is 0 Å². The Morgan fingerprint density at radius 3 is 2.45 bits per heavy atom. The second-order valence-corrected chi connectivity index (χ2v) is 4.19. The summed E-state index contributed by atoms with van der Waals surface area (Å²) in [5, 5.41) is 12.3. The van der Waals surface area contributed by atoms with E-state index in [1.807, 2.05) is 0 Å². The van der Waals surface area contributed by atoms with Crippen LogP contribution >= 0.6 is 15.9 Å². The van der Waals surface area contributed by atoms with Gasteiger partial charge in [0.05, 0.1) is 11.7 Å². The smallest absolute Gasteiger partial charge is 0.545 e. The lowest BCUT2D eigenvalue weighted by Gasteiger charge is -2.11. The second kappa shape index (κ2) is 6.42. The van der Waals surface area contributed by atoms with Crippen molar-refractivity contribution >= 4 is 33.5 Å². The Morgan fingerprint density at radius 2 is 1.95 bits per heavy atom. The number of anilines is 1. The highest BCUT2D eigenvalue weighted by molar-refractivity contribution is 9.10. The highest BCUT2D eigenvalue weighted by Gasteiger charge is 2.31. The van der Waals surface area contributed by atoms with Gasteiger partial charge in [0, 0.05) is 10.5 Å². The fourth-order valence-corrected chi connectivity index (χ4v) is 1.57. The third-order valence-corrected chi connectivity index (χ3v) is 2.46. The number of ether oxygens (including phenoxy) is 1. The lowest BCUT2D eigenvalue weighted by atomic mass is 10.3. The lowest BCUT2D eigenvalue weighted by molar-refractivity contribution is -0.297. The summed E-state index contributed by atoms with van der Waals surface area (Å²) >= 11 is 2.95. The number of rotatable bonds is 4. The maximum atomic E-state index is 12.0. The fourth-order valence-electron chi connectivity index (χ4n) is 1.11. The monoisotopic (exact) mass is 352 g/mol. The van der Waals surface area contributed by atoms with Gasteiger partial charge < -0.3 is 20.0 Å². The van der Waals surface area contributed by atoms with Crippen LogP contribution in [0.4, 0.5) is 18.9 Å². The number of alkyl halides is 3. The molecule has 0 radical (unpaired) electrons. The number of carboxylic acids is 1. The average Bonchev–Trinajstić information content (AvgIpc) is 2.28. The van der Waals surface area contributed by atoms with Gasteiger partial charge in [-0.2, -0.15) is 0 Å². The first-order chi connectivity index (χ1) is 9.17. The third-order valence-electron chi connectivity index (χ3n) is 1.80. The molecule has 0 saturated carbocycles. The van der Waals surface area contributed by atoms with Gasteiger partial charge in [0.1, 0.15) is 5.75 Å². The van der Waals surface area contributed by atoms with E-state index in [2.05, 4.69) is 26.0 Å². The summed E-state index contributed by atoms with van der Waals surface area (Å²) in [5.41, 5.74) is 0.146. The first-order valence-electron chi connectivity index (χ1n) is 4.93. The molecule has 1 aromatic rings. The first kappa shape index (κ1) is 16.0. The van der Waals surface area contributed by atoms with E-state index in [9.17, 15) is 27.9 Å². The molecular weight excluding hydrogens is 347 g/mol. The molecule has 0 aliphatic carbocycles. The van der Waals surface area contributed by atoms with Crippen LogP contribution < -0.4 is 15.2 Å². The maximum Gasteiger partial charge on any atom is 0.573 e. The minimum Gasteiger partial charge on any atom is -0.545 e. The van der Waals surface area contributed by atoms with Crippen molar-refractivity contribution in [3.8, 4) is 5.75 Å². The van der Waals surface area contributed by atoms with E-state index in [-0.39, 0.29) is 10.2 Å². The fraction of sp³-hybridized carbons (Fsp3) is 0.0909. The largest absolute Gasteiger partial charge is 0.573 e. The predicted octanol–water partition coefficient (Wildman–Crippen LogP) is 1.59. The van der Waals surface area contributed by atoms with Crippen LogP contribution in [0.25, 0.3) is 0 Å². The summed E-state index contributed by atoms with van der Waals surface area (Å²) < 4.78 is 39.8. The molecule has 1 N–H and O–H groups in total. The molecule has 0 unspecified atom stereocenters. The van der Waals surface area contributed by atoms with Crippen LogP contribution in [-0.2, 0) is 9.59 Å². The van der Waals surface area contributed by atoms with E-state index < -0.39 is 24.0 Å². The highest BCUT2D eigenvalue weighted by atomic mass is 79.9. The number of carboxylic acid groups (broad SMARTS) is 1. The Balaban J connectivity index is 2.78. The molecule has 9 heteroatoms. The number of halogens is 4. The zero-order valence-electron chi connectivity index (χ0n) is 9.53. The van der Waals surface area contributed by atoms with Crippen LogP contribution in [0.5, 0.6) is 5.75 Å². The Kier molecular flexibility index (Phi) is 5.14. The number of hydrogen-bond acceptors (Lipinski definition) is 4. The Bertz CT molecular complexity index is 557. The van der Waals surface area contributed by atoms with Crippen LogP contribution in [0.2, 0.25) is 0 Å². The van der Waals surface area contributed by atoms with Crippen molar-refractivity contribution < 1.29 is 32.6 Å². The van der Waals surface area contributed by atoms with Gasteiger partial charge in [0.15, 0.2) is 0 Å². The lowest BCUT2D eigenvalue weighted by Crippen LogP contribution is -2.20. The molecule has 1 amide bonds. The van der Waals surface area contributed by atoms with Crippen molar-refractivity contribution in [3.63, 3.8) is 0 Å². The van der Waals surface area contributed by atoms with Crippen molar-refractivity contribution in [1.82, 2.24) is 0 Å². The summed E-state index contributed by atoms with van der Waals surface area (Å²) in [7, 11) is 0. The normalized spacial score (nSPS) is 11.4. The molecule has 0 heterocycles. The van der Waals surface area contributed by atoms with E-state index in [1.165, 1.54) is 0 Å². The second-order valence-electron chi connectivity index (χ2n) is 3.33. The molecule has 0 aromatic heterocycles. The van der Waals surface area contributed by atoms with Crippen molar-refractivity contribution in [2.45, 2.75) is 6.36 Å². The number of carbonyl (C=O) groups is 2. The number of nitrogens with one attached hydrogen (secondary N) is 1. The Morgan fingerprint density at radius 1 is 1.30 bits per heavy atom. The summed E-state index contributed by atoms with van der Waals surface area (Å²) in [6.45, 7) is 0. The molecule has 0 atom stereocenters. The summed E-state index contributed by atoms with van der Waals surface area (Å²) in [5.74, 6) is -2.79. The maximum absolute atomic E-state index is 12.0. The molecule has 0 bridgehead atoms. The zero-order chi connectivity index (χ0) is 15.3. The first-order valence-corrected chi connectivity index (χ1v) is 5.72. The average molecular weight is 353 g/mol. The predicted molar refractivity (Wildman–Crippen MR) is 63.6 cm³/mol. The standard InChI is InChI=1S/C11H7BrF3NO4/c12-7-5-6(20-11(13,14)15)1-2-8(7)16-9(17)3-4-10(18)19/h1-5H,(H,16,17)(H,18,19)/p-1. The quantitative estimate of drug-likeness (QED) is 0.834. The van der Waals surface area contributed by atoms with E-state index in [0.29, 0.717) is 12.2 Å². The van der Waals surface area contributed by atoms with Crippen molar-refractivity contribution in [2.75, 3.05) is 5.32 Å². The van der Waals surface area contributed by atoms with Gasteiger partial charge in [-0.15, -0.1) is 13.2 Å². The van der Waals surface area contributed by atoms with Crippen molar-refractivity contribution in [1.29, 1.82) is 0 Å². The van der Waals surface area contributed by atoms with Gasteiger partial charge in [-0.3, -0.25) is 4.79 Å². The molecule has 108 valence electrons. The van der Waals surface area contributed by atoms with Gasteiger partial charge in [0.2, 0.25) is 5.91 Å². The molecule has 5 nitrogen and oxygen atoms in total. The molecule has 0 aliphatic heterocycles. The molecule has 0 spiro atoms. The molecule has 1 aromatic carbocycles. The van der Waals surface area contributed by atoms with Crippen LogP contribution in [-0.4, -0.2) is 18.2 Å². The Labute approximate surface area is 119 Å². The van der Waals surface area contributed by atoms with E-state index >= 15 is 0 Å². The van der Waals surface area contributed by atoms with Crippen LogP contribution in [0.3, 0.4) is 0 Å². The number of carbonyl (C=O) groups excluding carboxylic acids is 2. The molecular formula is C11H6BrF3NO4-. The molecule has 0 saturated heterocycles. The van der Waals surface area contributed by atoms with Crippen LogP contribution in [0, 0.1) is 0 Å². The Hall–Kier alpha value is -2.03. The topological polar surface area (TPSA) is 78.5 Å². The van der Waals surface area contributed by atoms with Gasteiger partial charge in [-0.1, -0.05) is 0 Å². The minimum atomic E-state index is -4.82. The third kappa shape index (κ3) is 5.74. The number of amides is 1. The molecule has 20 heavy (non-hydrogen) atoms. The number of aliphatic carboxylic acids is 1. The molecule has 0 aliphatic rings. The van der Waals surface area contributed by atoms with Gasteiger partial charge >= 0.3 is 6.36 Å². The molecule has 0 fully saturated rings. The van der Waals surface area contributed by atoms with Crippen LogP contribution in [0.15, 0.2) is 34.8 Å².